The van der Waals surface area contributed by atoms with E-state index in [0.717, 1.165) is 12.8 Å². The lowest BCUT2D eigenvalue weighted by Gasteiger charge is -2.30. The third-order valence-electron chi connectivity index (χ3n) is 3.15. The summed E-state index contributed by atoms with van der Waals surface area (Å²) < 4.78 is 26.2. The first-order chi connectivity index (χ1) is 9.06. The van der Waals surface area contributed by atoms with E-state index in [4.69, 9.17) is 22.8 Å². The van der Waals surface area contributed by atoms with Crippen LogP contribution in [-0.2, 0) is 22.8 Å². The van der Waals surface area contributed by atoms with E-state index in [9.17, 15) is 10.2 Å². The highest BCUT2D eigenvalue weighted by Crippen LogP contribution is 2.20. The molecule has 0 aromatic rings. The van der Waals surface area contributed by atoms with Gasteiger partial charge in [-0.2, -0.15) is 0 Å². The largest absolute Gasteiger partial charge is 0.503 e. The summed E-state index contributed by atoms with van der Waals surface area (Å²) in [4.78, 5) is 0. The Kier molecular flexibility index (Phi) is 7.40. The molecule has 0 radical (unpaired) electrons. The first-order valence-electron chi connectivity index (χ1n) is 6.35. The van der Waals surface area contributed by atoms with Crippen LogP contribution in [0.4, 0.5) is 0 Å². The summed E-state index contributed by atoms with van der Waals surface area (Å²) in [6.45, 7) is 0.611. The predicted molar refractivity (Wildman–Crippen MR) is 68.3 cm³/mol. The lowest BCUT2D eigenvalue weighted by molar-refractivity contribution is -0.263. The molecule has 1 heterocycles. The van der Waals surface area contributed by atoms with E-state index in [-0.39, 0.29) is 6.04 Å². The molecule has 1 aliphatic rings. The third kappa shape index (κ3) is 5.08. The zero-order valence-corrected chi connectivity index (χ0v) is 12.7. The van der Waals surface area contributed by atoms with Gasteiger partial charge in [-0.1, -0.05) is 0 Å². The Balaban J connectivity index is 2.44. The van der Waals surface area contributed by atoms with Crippen LogP contribution in [-0.4, -0.2) is 65.6 Å². The van der Waals surface area contributed by atoms with Crippen molar-refractivity contribution in [2.45, 2.75) is 44.0 Å². The Morgan fingerprint density at radius 2 is 1.79 bits per heavy atom. The normalized spacial score (nSPS) is 24.2. The van der Waals surface area contributed by atoms with Gasteiger partial charge in [0.05, 0.1) is 0 Å². The highest BCUT2D eigenvalue weighted by molar-refractivity contribution is 6.60. The number of aliphatic hydroxyl groups is 2. The minimum atomic E-state index is -2.94. The molecule has 0 aromatic carbocycles. The van der Waals surface area contributed by atoms with Gasteiger partial charge in [-0.3, -0.25) is 0 Å². The van der Waals surface area contributed by atoms with Crippen molar-refractivity contribution in [3.05, 3.63) is 0 Å². The molecule has 0 amide bonds. The summed E-state index contributed by atoms with van der Waals surface area (Å²) in [5.74, 6) is 0. The molecule has 1 fully saturated rings. The number of hydrogen-bond donors (Lipinski definition) is 2. The molecule has 0 aromatic heterocycles. The zero-order chi connectivity index (χ0) is 14.3. The second-order valence-corrected chi connectivity index (χ2v) is 7.39. The van der Waals surface area contributed by atoms with Crippen molar-refractivity contribution in [1.29, 1.82) is 0 Å². The van der Waals surface area contributed by atoms with Gasteiger partial charge >= 0.3 is 8.80 Å². The summed E-state index contributed by atoms with van der Waals surface area (Å²) in [6, 6.07) is 0.0460. The molecule has 3 unspecified atom stereocenters. The molecular weight excluding hydrogens is 272 g/mol. The molecular formula is C11H24O7Si. The van der Waals surface area contributed by atoms with E-state index < -0.39 is 27.5 Å². The molecule has 0 bridgehead atoms. The highest BCUT2D eigenvalue weighted by Gasteiger charge is 2.42. The van der Waals surface area contributed by atoms with Gasteiger partial charge in [-0.15, -0.1) is 0 Å². The van der Waals surface area contributed by atoms with Crippen LogP contribution < -0.4 is 0 Å². The average molecular weight is 296 g/mol. The van der Waals surface area contributed by atoms with Gasteiger partial charge in [0, 0.05) is 34.0 Å². The van der Waals surface area contributed by atoms with Gasteiger partial charge in [0.15, 0.2) is 12.6 Å². The van der Waals surface area contributed by atoms with Gasteiger partial charge in [-0.25, -0.2) is 0 Å². The van der Waals surface area contributed by atoms with Crippen LogP contribution >= 0.6 is 0 Å². The smallest absolute Gasteiger partial charge is 0.388 e. The van der Waals surface area contributed by atoms with Crippen LogP contribution in [0.25, 0.3) is 0 Å². The summed E-state index contributed by atoms with van der Waals surface area (Å²) >= 11 is 0. The summed E-state index contributed by atoms with van der Waals surface area (Å²) in [7, 11) is 1.40. The first kappa shape index (κ1) is 17.0. The molecule has 8 heteroatoms. The number of hydrogen-bond acceptors (Lipinski definition) is 7. The Morgan fingerprint density at radius 1 is 1.16 bits per heavy atom. The zero-order valence-electron chi connectivity index (χ0n) is 11.7. The lowest BCUT2D eigenvalue weighted by Crippen LogP contribution is -2.48. The average Bonchev–Trinajstić information content (AvgIpc) is 2.45. The maximum absolute atomic E-state index is 9.94. The van der Waals surface area contributed by atoms with Crippen molar-refractivity contribution >= 4 is 8.80 Å². The van der Waals surface area contributed by atoms with Crippen LogP contribution in [0.2, 0.25) is 6.04 Å². The molecule has 0 aliphatic carbocycles. The predicted octanol–water partition coefficient (Wildman–Crippen LogP) is 0.0870. The monoisotopic (exact) mass is 296 g/mol. The van der Waals surface area contributed by atoms with Gasteiger partial charge in [0.1, 0.15) is 6.10 Å². The first-order valence-corrected chi connectivity index (χ1v) is 8.28. The van der Waals surface area contributed by atoms with Crippen molar-refractivity contribution in [3.63, 3.8) is 0 Å². The van der Waals surface area contributed by atoms with E-state index in [0.29, 0.717) is 13.0 Å². The van der Waals surface area contributed by atoms with E-state index in [1.807, 2.05) is 0 Å². The molecule has 3 atom stereocenters. The van der Waals surface area contributed by atoms with Crippen LogP contribution in [0.15, 0.2) is 0 Å². The molecule has 1 saturated heterocycles. The second-order valence-electron chi connectivity index (χ2n) is 4.39. The van der Waals surface area contributed by atoms with E-state index in [1.54, 1.807) is 0 Å². The van der Waals surface area contributed by atoms with Gasteiger partial charge < -0.3 is 33.0 Å². The molecule has 1 aliphatic heterocycles. The summed E-state index contributed by atoms with van der Waals surface area (Å²) in [6.07, 6.45) is -0.286. The van der Waals surface area contributed by atoms with Crippen LogP contribution in [0, 0.1) is 0 Å². The number of rotatable bonds is 8. The van der Waals surface area contributed by atoms with Gasteiger partial charge in [0.25, 0.3) is 0 Å². The molecule has 7 nitrogen and oxygen atoms in total. The van der Waals surface area contributed by atoms with Crippen LogP contribution in [0.1, 0.15) is 19.3 Å². The molecule has 114 valence electrons. The number of aliphatic hydroxyl groups excluding tert-OH is 2. The fourth-order valence-corrected chi connectivity index (χ4v) is 3.64. The molecule has 0 saturated carbocycles. The molecule has 19 heavy (non-hydrogen) atoms. The maximum atomic E-state index is 9.94. The van der Waals surface area contributed by atoms with E-state index in [1.165, 1.54) is 21.3 Å². The molecule has 2 N–H and O–H groups in total. The fraction of sp³-hybridized carbons (Fsp3) is 1.00. The Labute approximate surface area is 114 Å². The Morgan fingerprint density at radius 3 is 2.26 bits per heavy atom. The molecule has 0 spiro atoms. The Hall–Kier alpha value is -0.0631. The standard InChI is InChI=1S/C11H24O7Si/c1-14-19(15-2,16-3)8-9(12)11(13)18-10-6-4-5-7-17-10/h9-13H,4-8H2,1-3H3. The van der Waals surface area contributed by atoms with E-state index >= 15 is 0 Å². The minimum Gasteiger partial charge on any atom is -0.388 e. The van der Waals surface area contributed by atoms with Gasteiger partial charge in [0.2, 0.25) is 0 Å². The summed E-state index contributed by atoms with van der Waals surface area (Å²) in [5.41, 5.74) is 0. The third-order valence-corrected chi connectivity index (χ3v) is 5.93. The summed E-state index contributed by atoms with van der Waals surface area (Å²) in [5, 5.41) is 19.8. The Bertz CT molecular complexity index is 235. The second kappa shape index (κ2) is 8.27. The minimum absolute atomic E-state index is 0.0460. The SMILES string of the molecule is CO[Si](CC(O)C(O)OC1CCCCO1)(OC)OC. The van der Waals surface area contributed by atoms with Gasteiger partial charge in [-0.05, 0) is 19.3 Å². The van der Waals surface area contributed by atoms with Crippen molar-refractivity contribution in [2.24, 2.45) is 0 Å². The van der Waals surface area contributed by atoms with Crippen LogP contribution in [0.3, 0.4) is 0 Å². The topological polar surface area (TPSA) is 86.6 Å². The van der Waals surface area contributed by atoms with Crippen molar-refractivity contribution in [3.8, 4) is 0 Å². The highest BCUT2D eigenvalue weighted by atomic mass is 28.4. The van der Waals surface area contributed by atoms with Crippen LogP contribution in [0.5, 0.6) is 0 Å². The van der Waals surface area contributed by atoms with E-state index in [2.05, 4.69) is 0 Å². The molecule has 1 rings (SSSR count). The maximum Gasteiger partial charge on any atom is 0.503 e. The van der Waals surface area contributed by atoms with Crippen molar-refractivity contribution in [2.75, 3.05) is 27.9 Å². The quantitative estimate of drug-likeness (QED) is 0.485. The van der Waals surface area contributed by atoms with Crippen molar-refractivity contribution in [1.82, 2.24) is 0 Å². The number of ether oxygens (including phenoxy) is 2. The van der Waals surface area contributed by atoms with Crippen molar-refractivity contribution < 1.29 is 33.0 Å². The fourth-order valence-electron chi connectivity index (χ4n) is 1.92. The lowest BCUT2D eigenvalue weighted by atomic mass is 10.2.